The molecule has 0 spiro atoms. The molecule has 0 aliphatic rings. The molecule has 0 saturated carbocycles. The molecule has 2 rings (SSSR count). The zero-order chi connectivity index (χ0) is 12.8. The summed E-state index contributed by atoms with van der Waals surface area (Å²) in [4.78, 5) is 2.19. The lowest BCUT2D eigenvalue weighted by atomic mass is 10.1. The SMILES string of the molecule is CN(C)CC(NCc1ccn[nH]1)c1ccccc1. The lowest BCUT2D eigenvalue weighted by molar-refractivity contribution is 0.340. The first-order valence-corrected chi connectivity index (χ1v) is 6.17. The van der Waals surface area contributed by atoms with Gasteiger partial charge in [-0.25, -0.2) is 0 Å². The molecule has 18 heavy (non-hydrogen) atoms. The number of likely N-dealkylation sites (N-methyl/N-ethyl adjacent to an activating group) is 1. The van der Waals surface area contributed by atoms with Gasteiger partial charge < -0.3 is 10.2 Å². The predicted molar refractivity (Wildman–Crippen MR) is 73.2 cm³/mol. The van der Waals surface area contributed by atoms with Crippen LogP contribution in [0.3, 0.4) is 0 Å². The maximum Gasteiger partial charge on any atom is 0.0490 e. The summed E-state index contributed by atoms with van der Waals surface area (Å²) in [6.45, 7) is 1.77. The van der Waals surface area contributed by atoms with Gasteiger partial charge in [-0.05, 0) is 25.7 Å². The van der Waals surface area contributed by atoms with Gasteiger partial charge in [0.25, 0.3) is 0 Å². The van der Waals surface area contributed by atoms with Crippen LogP contribution >= 0.6 is 0 Å². The molecule has 0 amide bonds. The Morgan fingerprint density at radius 3 is 2.61 bits per heavy atom. The number of H-pyrrole nitrogens is 1. The Hall–Kier alpha value is -1.65. The Labute approximate surface area is 108 Å². The Bertz CT molecular complexity index is 436. The van der Waals surface area contributed by atoms with E-state index >= 15 is 0 Å². The van der Waals surface area contributed by atoms with Gasteiger partial charge in [-0.1, -0.05) is 30.3 Å². The van der Waals surface area contributed by atoms with Crippen LogP contribution in [0.2, 0.25) is 0 Å². The van der Waals surface area contributed by atoms with Crippen LogP contribution in [0.1, 0.15) is 17.3 Å². The highest BCUT2D eigenvalue weighted by molar-refractivity contribution is 5.19. The van der Waals surface area contributed by atoms with Crippen LogP contribution in [0.5, 0.6) is 0 Å². The van der Waals surface area contributed by atoms with E-state index in [1.807, 2.05) is 12.1 Å². The number of aromatic amines is 1. The van der Waals surface area contributed by atoms with Crippen LogP contribution in [0.15, 0.2) is 42.6 Å². The van der Waals surface area contributed by atoms with E-state index < -0.39 is 0 Å². The second kappa shape index (κ2) is 6.33. The van der Waals surface area contributed by atoms with E-state index in [1.165, 1.54) is 5.56 Å². The second-order valence-electron chi connectivity index (χ2n) is 4.69. The van der Waals surface area contributed by atoms with E-state index in [0.29, 0.717) is 6.04 Å². The Morgan fingerprint density at radius 1 is 1.22 bits per heavy atom. The van der Waals surface area contributed by atoms with Gasteiger partial charge in [0.2, 0.25) is 0 Å². The molecule has 1 heterocycles. The molecular formula is C14H20N4. The molecule has 1 unspecified atom stereocenters. The number of hydrogen-bond acceptors (Lipinski definition) is 3. The van der Waals surface area contributed by atoms with Crippen LogP contribution in [0.4, 0.5) is 0 Å². The molecule has 2 N–H and O–H groups in total. The van der Waals surface area contributed by atoms with Crippen LogP contribution < -0.4 is 5.32 Å². The normalized spacial score (nSPS) is 12.8. The van der Waals surface area contributed by atoms with Gasteiger partial charge >= 0.3 is 0 Å². The quantitative estimate of drug-likeness (QED) is 0.814. The van der Waals surface area contributed by atoms with E-state index in [4.69, 9.17) is 0 Å². The van der Waals surface area contributed by atoms with Crippen molar-refractivity contribution in [2.24, 2.45) is 0 Å². The van der Waals surface area contributed by atoms with Gasteiger partial charge in [0, 0.05) is 31.0 Å². The van der Waals surface area contributed by atoms with E-state index in [9.17, 15) is 0 Å². The summed E-state index contributed by atoms with van der Waals surface area (Å²) in [5.74, 6) is 0. The van der Waals surface area contributed by atoms with Gasteiger partial charge in [0.1, 0.15) is 0 Å². The topological polar surface area (TPSA) is 44.0 Å². The van der Waals surface area contributed by atoms with Crippen LogP contribution in [0, 0.1) is 0 Å². The molecule has 4 nitrogen and oxygen atoms in total. The highest BCUT2D eigenvalue weighted by Gasteiger charge is 2.11. The van der Waals surface area contributed by atoms with Crippen molar-refractivity contribution >= 4 is 0 Å². The molecule has 0 radical (unpaired) electrons. The van der Waals surface area contributed by atoms with Crippen LogP contribution in [-0.2, 0) is 6.54 Å². The molecule has 1 aromatic carbocycles. The van der Waals surface area contributed by atoms with Crippen molar-refractivity contribution in [1.29, 1.82) is 0 Å². The monoisotopic (exact) mass is 244 g/mol. The lowest BCUT2D eigenvalue weighted by Crippen LogP contribution is -2.31. The number of rotatable bonds is 6. The summed E-state index contributed by atoms with van der Waals surface area (Å²) in [5, 5.41) is 10.5. The molecule has 1 atom stereocenters. The summed E-state index contributed by atoms with van der Waals surface area (Å²) in [7, 11) is 4.18. The van der Waals surface area contributed by atoms with Crippen LogP contribution in [-0.4, -0.2) is 35.7 Å². The van der Waals surface area contributed by atoms with Gasteiger partial charge in [-0.3, -0.25) is 5.10 Å². The Balaban J connectivity index is 2.01. The molecule has 1 aromatic heterocycles. The molecule has 0 saturated heterocycles. The van der Waals surface area contributed by atoms with Gasteiger partial charge in [-0.2, -0.15) is 5.10 Å². The fraction of sp³-hybridized carbons (Fsp3) is 0.357. The van der Waals surface area contributed by atoms with E-state index in [1.54, 1.807) is 6.20 Å². The van der Waals surface area contributed by atoms with E-state index in [0.717, 1.165) is 18.8 Å². The summed E-state index contributed by atoms with van der Waals surface area (Å²) >= 11 is 0. The minimum absolute atomic E-state index is 0.324. The summed E-state index contributed by atoms with van der Waals surface area (Å²) in [6, 6.07) is 12.8. The van der Waals surface area contributed by atoms with Gasteiger partial charge in [0.05, 0.1) is 0 Å². The molecule has 4 heteroatoms. The van der Waals surface area contributed by atoms with E-state index in [-0.39, 0.29) is 0 Å². The van der Waals surface area contributed by atoms with Crippen LogP contribution in [0.25, 0.3) is 0 Å². The third-order valence-electron chi connectivity index (χ3n) is 2.85. The van der Waals surface area contributed by atoms with Gasteiger partial charge in [0.15, 0.2) is 0 Å². The molecule has 0 aliphatic carbocycles. The number of aromatic nitrogens is 2. The maximum atomic E-state index is 3.96. The van der Waals surface area contributed by atoms with Crippen molar-refractivity contribution in [3.05, 3.63) is 53.9 Å². The summed E-state index contributed by atoms with van der Waals surface area (Å²) < 4.78 is 0. The minimum Gasteiger partial charge on any atom is -0.308 e. The number of hydrogen-bond donors (Lipinski definition) is 2. The molecule has 96 valence electrons. The second-order valence-corrected chi connectivity index (χ2v) is 4.69. The third kappa shape index (κ3) is 3.68. The first-order valence-electron chi connectivity index (χ1n) is 6.17. The first kappa shape index (κ1) is 12.8. The zero-order valence-corrected chi connectivity index (χ0v) is 10.9. The number of nitrogens with one attached hydrogen (secondary N) is 2. The molecular weight excluding hydrogens is 224 g/mol. The van der Waals surface area contributed by atoms with Crippen molar-refractivity contribution in [1.82, 2.24) is 20.4 Å². The summed E-state index contributed by atoms with van der Waals surface area (Å²) in [6.07, 6.45) is 1.78. The molecule has 2 aromatic rings. The Morgan fingerprint density at radius 2 is 2.00 bits per heavy atom. The third-order valence-corrected chi connectivity index (χ3v) is 2.85. The highest BCUT2D eigenvalue weighted by atomic mass is 15.1. The maximum absolute atomic E-state index is 3.96. The smallest absolute Gasteiger partial charge is 0.0490 e. The highest BCUT2D eigenvalue weighted by Crippen LogP contribution is 2.13. The van der Waals surface area contributed by atoms with Gasteiger partial charge in [-0.15, -0.1) is 0 Å². The van der Waals surface area contributed by atoms with Crippen molar-refractivity contribution in [2.45, 2.75) is 12.6 Å². The predicted octanol–water partition coefficient (Wildman–Crippen LogP) is 1.80. The van der Waals surface area contributed by atoms with Crippen molar-refractivity contribution in [2.75, 3.05) is 20.6 Å². The largest absolute Gasteiger partial charge is 0.308 e. The average Bonchev–Trinajstić information content (AvgIpc) is 2.88. The number of nitrogens with zero attached hydrogens (tertiary/aromatic N) is 2. The zero-order valence-electron chi connectivity index (χ0n) is 10.9. The molecule has 0 fully saturated rings. The summed E-state index contributed by atoms with van der Waals surface area (Å²) in [5.41, 5.74) is 2.42. The first-order chi connectivity index (χ1) is 8.75. The average molecular weight is 244 g/mol. The number of benzene rings is 1. The lowest BCUT2D eigenvalue weighted by Gasteiger charge is -2.22. The fourth-order valence-corrected chi connectivity index (χ4v) is 1.95. The Kier molecular flexibility index (Phi) is 4.50. The van der Waals surface area contributed by atoms with Crippen molar-refractivity contribution in [3.8, 4) is 0 Å². The molecule has 0 bridgehead atoms. The van der Waals surface area contributed by atoms with Crippen molar-refractivity contribution < 1.29 is 0 Å². The minimum atomic E-state index is 0.324. The molecule has 0 aliphatic heterocycles. The van der Waals surface area contributed by atoms with Crippen molar-refractivity contribution in [3.63, 3.8) is 0 Å². The van der Waals surface area contributed by atoms with E-state index in [2.05, 4.69) is 58.8 Å². The standard InChI is InChI=1S/C14H20N4/c1-18(2)11-14(12-6-4-3-5-7-12)15-10-13-8-9-16-17-13/h3-9,14-15H,10-11H2,1-2H3,(H,16,17). The fourth-order valence-electron chi connectivity index (χ4n) is 1.95.